The highest BCUT2D eigenvalue weighted by Crippen LogP contribution is 2.24. The Hall–Kier alpha value is -1.71. The van der Waals surface area contributed by atoms with Crippen molar-refractivity contribution in [1.82, 2.24) is 19.5 Å². The average Bonchev–Trinajstić information content (AvgIpc) is 2.74. The van der Waals surface area contributed by atoms with E-state index in [0.29, 0.717) is 0 Å². The quantitative estimate of drug-likeness (QED) is 0.696. The Morgan fingerprint density at radius 1 is 1.17 bits per heavy atom. The van der Waals surface area contributed by atoms with Crippen LogP contribution in [0.4, 0.5) is 5.82 Å². The molecule has 9 heteroatoms. The summed E-state index contributed by atoms with van der Waals surface area (Å²) in [6.45, 7) is 8.94. The number of anilines is 1. The van der Waals surface area contributed by atoms with Crippen molar-refractivity contribution in [3.05, 3.63) is 18.3 Å². The first kappa shape index (κ1) is 23.0. The molecule has 1 atom stereocenters. The smallest absolute Gasteiger partial charge is 0.242 e. The van der Waals surface area contributed by atoms with E-state index in [0.717, 1.165) is 70.8 Å². The number of carbonyl (C=O) groups is 1. The van der Waals surface area contributed by atoms with Crippen LogP contribution >= 0.6 is 0 Å². The van der Waals surface area contributed by atoms with E-state index in [4.69, 9.17) is 0 Å². The Kier molecular flexibility index (Phi) is 7.70. The molecule has 1 aromatic heterocycles. The van der Waals surface area contributed by atoms with Gasteiger partial charge in [0.25, 0.3) is 0 Å². The number of sulfonamides is 1. The average molecular weight is 438 g/mol. The van der Waals surface area contributed by atoms with E-state index >= 15 is 0 Å². The van der Waals surface area contributed by atoms with Crippen LogP contribution < -0.4 is 9.62 Å². The molecular formula is C21H35N5O3S. The van der Waals surface area contributed by atoms with Gasteiger partial charge in [-0.15, -0.1) is 0 Å². The molecule has 0 saturated carbocycles. The highest BCUT2D eigenvalue weighted by Gasteiger charge is 2.30. The van der Waals surface area contributed by atoms with Crippen LogP contribution in [0.1, 0.15) is 39.5 Å². The number of amides is 1. The lowest BCUT2D eigenvalue weighted by Crippen LogP contribution is -2.50. The Morgan fingerprint density at radius 3 is 2.40 bits per heavy atom. The summed E-state index contributed by atoms with van der Waals surface area (Å²) in [6, 6.07) is 3.28. The van der Waals surface area contributed by atoms with Crippen LogP contribution in [-0.4, -0.2) is 81.5 Å². The molecule has 3 heterocycles. The number of carbonyl (C=O) groups excluding carboxylic acids is 1. The first-order valence-electron chi connectivity index (χ1n) is 11.0. The molecule has 2 fully saturated rings. The predicted molar refractivity (Wildman–Crippen MR) is 118 cm³/mol. The predicted octanol–water partition coefficient (Wildman–Crippen LogP) is 1.54. The Labute approximate surface area is 180 Å². The molecule has 1 aromatic rings. The summed E-state index contributed by atoms with van der Waals surface area (Å²) in [6.07, 6.45) is 4.77. The number of pyridine rings is 1. The van der Waals surface area contributed by atoms with Crippen molar-refractivity contribution in [3.8, 4) is 0 Å². The third-order valence-corrected chi connectivity index (χ3v) is 7.67. The number of nitrogens with one attached hydrogen (secondary N) is 1. The van der Waals surface area contributed by atoms with Gasteiger partial charge in [-0.1, -0.05) is 13.3 Å². The van der Waals surface area contributed by atoms with Crippen molar-refractivity contribution in [2.75, 3.05) is 51.2 Å². The third kappa shape index (κ3) is 5.70. The molecule has 0 spiro atoms. The summed E-state index contributed by atoms with van der Waals surface area (Å²) in [5.74, 6) is 1.12. The monoisotopic (exact) mass is 437 g/mol. The minimum absolute atomic E-state index is 0.0774. The second-order valence-electron chi connectivity index (χ2n) is 8.55. The van der Waals surface area contributed by atoms with E-state index in [1.165, 1.54) is 6.20 Å². The van der Waals surface area contributed by atoms with E-state index in [2.05, 4.69) is 26.6 Å². The number of piperidine rings is 1. The summed E-state index contributed by atoms with van der Waals surface area (Å²) >= 11 is 0. The number of rotatable bonds is 7. The zero-order valence-corrected chi connectivity index (χ0v) is 19.2. The first-order chi connectivity index (χ1) is 14.3. The highest BCUT2D eigenvalue weighted by atomic mass is 32.2. The standard InChI is InChI=1S/C21H35N5O3S/c1-4-5-17(2)23-30(28,29)19-6-7-20(22-16-19)25-10-8-18(9-11-25)21(27)26-14-12-24(3)13-15-26/h6-7,16-18,23H,4-5,8-15H2,1-3H3. The molecule has 0 aromatic carbocycles. The maximum Gasteiger partial charge on any atom is 0.242 e. The largest absolute Gasteiger partial charge is 0.357 e. The Balaban J connectivity index is 1.54. The number of nitrogens with zero attached hydrogens (tertiary/aromatic N) is 4. The SMILES string of the molecule is CCCC(C)NS(=O)(=O)c1ccc(N2CCC(C(=O)N3CCN(C)CC3)CC2)nc1. The van der Waals surface area contributed by atoms with Gasteiger partial charge in [0.1, 0.15) is 10.7 Å². The molecule has 8 nitrogen and oxygen atoms in total. The van der Waals surface area contributed by atoms with Gasteiger partial charge in [0.2, 0.25) is 15.9 Å². The van der Waals surface area contributed by atoms with Gasteiger partial charge in [-0.3, -0.25) is 4.79 Å². The fourth-order valence-corrected chi connectivity index (χ4v) is 5.41. The van der Waals surface area contributed by atoms with Crippen LogP contribution in [0.25, 0.3) is 0 Å². The minimum atomic E-state index is -3.55. The second kappa shape index (κ2) is 10.1. The number of aromatic nitrogens is 1. The fraction of sp³-hybridized carbons (Fsp3) is 0.714. The van der Waals surface area contributed by atoms with E-state index in [-0.39, 0.29) is 22.8 Å². The van der Waals surface area contributed by atoms with Gasteiger partial charge in [0, 0.05) is 57.4 Å². The van der Waals surface area contributed by atoms with Crippen molar-refractivity contribution in [2.24, 2.45) is 5.92 Å². The lowest BCUT2D eigenvalue weighted by molar-refractivity contribution is -0.137. The molecule has 3 rings (SSSR count). The maximum atomic E-state index is 12.8. The van der Waals surface area contributed by atoms with Crippen LogP contribution in [0.3, 0.4) is 0 Å². The Bertz CT molecular complexity index is 798. The highest BCUT2D eigenvalue weighted by molar-refractivity contribution is 7.89. The molecule has 0 aliphatic carbocycles. The van der Waals surface area contributed by atoms with Crippen LogP contribution in [0.2, 0.25) is 0 Å². The lowest BCUT2D eigenvalue weighted by Gasteiger charge is -2.37. The van der Waals surface area contributed by atoms with Crippen molar-refractivity contribution < 1.29 is 13.2 Å². The number of piperazine rings is 1. The van der Waals surface area contributed by atoms with Crippen LogP contribution in [0.5, 0.6) is 0 Å². The molecule has 2 saturated heterocycles. The lowest BCUT2D eigenvalue weighted by atomic mass is 9.95. The molecule has 1 N–H and O–H groups in total. The zero-order chi connectivity index (χ0) is 21.7. The van der Waals surface area contributed by atoms with Gasteiger partial charge in [-0.2, -0.15) is 0 Å². The van der Waals surface area contributed by atoms with Gasteiger partial charge in [0.05, 0.1) is 0 Å². The van der Waals surface area contributed by atoms with Crippen LogP contribution in [0.15, 0.2) is 23.2 Å². The van der Waals surface area contributed by atoms with Gasteiger partial charge < -0.3 is 14.7 Å². The minimum Gasteiger partial charge on any atom is -0.357 e. The zero-order valence-electron chi connectivity index (χ0n) is 18.4. The molecule has 1 amide bonds. The Morgan fingerprint density at radius 2 is 1.83 bits per heavy atom. The molecule has 2 aliphatic heterocycles. The van der Waals surface area contributed by atoms with Crippen molar-refractivity contribution in [3.63, 3.8) is 0 Å². The molecule has 0 radical (unpaired) electrons. The van der Waals surface area contributed by atoms with Crippen molar-refractivity contribution in [1.29, 1.82) is 0 Å². The summed E-state index contributed by atoms with van der Waals surface area (Å²) in [5.41, 5.74) is 0. The molecule has 30 heavy (non-hydrogen) atoms. The molecule has 2 aliphatic rings. The van der Waals surface area contributed by atoms with Gasteiger partial charge in [-0.05, 0) is 45.4 Å². The first-order valence-corrected chi connectivity index (χ1v) is 12.5. The van der Waals surface area contributed by atoms with E-state index in [1.807, 2.05) is 18.7 Å². The number of hydrogen-bond acceptors (Lipinski definition) is 6. The fourth-order valence-electron chi connectivity index (χ4n) is 4.18. The molecule has 0 bridgehead atoms. The third-order valence-electron chi connectivity index (χ3n) is 6.09. The van der Waals surface area contributed by atoms with Crippen molar-refractivity contribution >= 4 is 21.7 Å². The summed E-state index contributed by atoms with van der Waals surface area (Å²) in [5, 5.41) is 0. The second-order valence-corrected chi connectivity index (χ2v) is 10.3. The van der Waals surface area contributed by atoms with Crippen LogP contribution in [0, 0.1) is 5.92 Å². The maximum absolute atomic E-state index is 12.8. The normalized spacial score (nSPS) is 20.4. The molecule has 1 unspecified atom stereocenters. The van der Waals surface area contributed by atoms with Crippen LogP contribution in [-0.2, 0) is 14.8 Å². The molecule has 168 valence electrons. The van der Waals surface area contributed by atoms with Crippen molar-refractivity contribution in [2.45, 2.75) is 50.5 Å². The van der Waals surface area contributed by atoms with Gasteiger partial charge >= 0.3 is 0 Å². The molecular weight excluding hydrogens is 402 g/mol. The van der Waals surface area contributed by atoms with E-state index in [9.17, 15) is 13.2 Å². The van der Waals surface area contributed by atoms with Gasteiger partial charge in [0.15, 0.2) is 0 Å². The van der Waals surface area contributed by atoms with E-state index in [1.54, 1.807) is 12.1 Å². The summed E-state index contributed by atoms with van der Waals surface area (Å²) in [4.78, 5) is 23.8. The number of likely N-dealkylation sites (N-methyl/N-ethyl adjacent to an activating group) is 1. The topological polar surface area (TPSA) is 85.8 Å². The summed E-state index contributed by atoms with van der Waals surface area (Å²) in [7, 11) is -1.46. The summed E-state index contributed by atoms with van der Waals surface area (Å²) < 4.78 is 27.7. The van der Waals surface area contributed by atoms with E-state index < -0.39 is 10.0 Å². The number of hydrogen-bond donors (Lipinski definition) is 1. The van der Waals surface area contributed by atoms with Gasteiger partial charge in [-0.25, -0.2) is 18.1 Å².